The van der Waals surface area contributed by atoms with Crippen LogP contribution in [-0.4, -0.2) is 39.1 Å². The number of anilines is 1. The smallest absolute Gasteiger partial charge is 0.175 e. The first kappa shape index (κ1) is 23.5. The number of benzene rings is 3. The van der Waals surface area contributed by atoms with Crippen LogP contribution in [0, 0.1) is 9.39 Å². The third kappa shape index (κ3) is 6.45. The molecule has 0 amide bonds. The summed E-state index contributed by atoms with van der Waals surface area (Å²) in [5, 5.41) is 0. The fraction of sp³-hybridized carbons (Fsp3) is 0.269. The maximum absolute atomic E-state index is 13.1. The van der Waals surface area contributed by atoms with E-state index in [0.717, 1.165) is 46.7 Å². The molecule has 0 unspecified atom stereocenters. The molecule has 1 fully saturated rings. The lowest BCUT2D eigenvalue weighted by Gasteiger charge is -2.28. The Kier molecular flexibility index (Phi) is 8.17. The minimum Gasteiger partial charge on any atom is -0.490 e. The number of rotatable bonds is 8. The lowest BCUT2D eigenvalue weighted by molar-refractivity contribution is 0.122. The van der Waals surface area contributed by atoms with E-state index in [1.54, 1.807) is 12.1 Å². The van der Waals surface area contributed by atoms with Crippen molar-refractivity contribution in [3.8, 4) is 11.5 Å². The van der Waals surface area contributed by atoms with Crippen LogP contribution in [0.4, 0.5) is 15.8 Å². The fourth-order valence-corrected chi connectivity index (χ4v) is 4.30. The van der Waals surface area contributed by atoms with Gasteiger partial charge in [-0.05, 0) is 89.2 Å². The van der Waals surface area contributed by atoms with Gasteiger partial charge in [0.05, 0.1) is 29.1 Å². The number of hydrogen-bond donors (Lipinski definition) is 0. The van der Waals surface area contributed by atoms with Crippen LogP contribution in [0.25, 0.3) is 0 Å². The van der Waals surface area contributed by atoms with E-state index in [-0.39, 0.29) is 5.82 Å². The van der Waals surface area contributed by atoms with E-state index in [2.05, 4.69) is 44.6 Å². The van der Waals surface area contributed by atoms with Crippen LogP contribution >= 0.6 is 22.6 Å². The lowest BCUT2D eigenvalue weighted by atomic mass is 10.2. The molecule has 7 heteroatoms. The van der Waals surface area contributed by atoms with Gasteiger partial charge in [0.2, 0.25) is 0 Å². The number of morpholine rings is 1. The summed E-state index contributed by atoms with van der Waals surface area (Å²) in [4.78, 5) is 6.95. The second-order valence-corrected chi connectivity index (χ2v) is 8.71. The summed E-state index contributed by atoms with van der Waals surface area (Å²) in [5.41, 5.74) is 3.89. The summed E-state index contributed by atoms with van der Waals surface area (Å²) in [6.07, 6.45) is 1.83. The quantitative estimate of drug-likeness (QED) is 0.251. The molecular weight excluding hydrogens is 534 g/mol. The predicted octanol–water partition coefficient (Wildman–Crippen LogP) is 6.00. The highest BCUT2D eigenvalue weighted by molar-refractivity contribution is 14.1. The van der Waals surface area contributed by atoms with Crippen molar-refractivity contribution in [1.29, 1.82) is 0 Å². The van der Waals surface area contributed by atoms with E-state index in [0.29, 0.717) is 24.7 Å². The average molecular weight is 560 g/mol. The molecule has 3 aromatic carbocycles. The van der Waals surface area contributed by atoms with Crippen molar-refractivity contribution in [1.82, 2.24) is 0 Å². The summed E-state index contributed by atoms with van der Waals surface area (Å²) in [5.74, 6) is 1.08. The third-order valence-corrected chi connectivity index (χ3v) is 6.02. The van der Waals surface area contributed by atoms with Gasteiger partial charge in [-0.3, -0.25) is 4.99 Å². The Morgan fingerprint density at radius 3 is 2.45 bits per heavy atom. The van der Waals surface area contributed by atoms with Crippen LogP contribution in [0.3, 0.4) is 0 Å². The SMILES string of the molecule is CCOc1cc(C=Nc2ccc(N3CCOCC3)cc2)cc(I)c1OCc1ccc(F)cc1. The predicted molar refractivity (Wildman–Crippen MR) is 138 cm³/mol. The van der Waals surface area contributed by atoms with Crippen molar-refractivity contribution in [2.24, 2.45) is 4.99 Å². The van der Waals surface area contributed by atoms with Gasteiger partial charge in [-0.25, -0.2) is 4.39 Å². The summed E-state index contributed by atoms with van der Waals surface area (Å²) >= 11 is 2.24. The number of aliphatic imine (C=N–C) groups is 1. The largest absolute Gasteiger partial charge is 0.490 e. The highest BCUT2D eigenvalue weighted by atomic mass is 127. The molecule has 172 valence electrons. The standard InChI is InChI=1S/C26H26FIN2O3/c1-2-32-25-16-20(15-24(28)26(25)33-18-19-3-5-21(27)6-4-19)17-29-22-7-9-23(10-8-22)30-11-13-31-14-12-30/h3-10,15-17H,2,11-14,18H2,1H3. The van der Waals surface area contributed by atoms with Gasteiger partial charge in [0.1, 0.15) is 12.4 Å². The molecule has 3 aromatic rings. The second-order valence-electron chi connectivity index (χ2n) is 7.55. The molecule has 1 aliphatic heterocycles. The molecule has 0 spiro atoms. The molecule has 0 atom stereocenters. The Morgan fingerprint density at radius 2 is 1.76 bits per heavy atom. The summed E-state index contributed by atoms with van der Waals surface area (Å²) in [6, 6.07) is 18.5. The molecule has 0 aromatic heterocycles. The fourth-order valence-electron chi connectivity index (χ4n) is 3.52. The van der Waals surface area contributed by atoms with Crippen LogP contribution in [0.2, 0.25) is 0 Å². The minimum absolute atomic E-state index is 0.261. The lowest BCUT2D eigenvalue weighted by Crippen LogP contribution is -2.36. The summed E-state index contributed by atoms with van der Waals surface area (Å²) in [6.45, 7) is 6.15. The Labute approximate surface area is 207 Å². The normalized spacial score (nSPS) is 14.0. The highest BCUT2D eigenvalue weighted by Gasteiger charge is 2.13. The first-order chi connectivity index (χ1) is 16.1. The van der Waals surface area contributed by atoms with E-state index in [1.807, 2.05) is 37.4 Å². The van der Waals surface area contributed by atoms with E-state index in [9.17, 15) is 4.39 Å². The third-order valence-electron chi connectivity index (χ3n) is 5.22. The van der Waals surface area contributed by atoms with Gasteiger partial charge in [0, 0.05) is 25.0 Å². The minimum atomic E-state index is -0.261. The number of ether oxygens (including phenoxy) is 3. The second kappa shape index (κ2) is 11.5. The van der Waals surface area contributed by atoms with Crippen molar-refractivity contribution in [3.63, 3.8) is 0 Å². The Bertz CT molecular complexity index is 1080. The van der Waals surface area contributed by atoms with E-state index in [4.69, 9.17) is 14.2 Å². The molecule has 4 rings (SSSR count). The van der Waals surface area contributed by atoms with Gasteiger partial charge < -0.3 is 19.1 Å². The van der Waals surface area contributed by atoms with Gasteiger partial charge in [-0.15, -0.1) is 0 Å². The molecular formula is C26H26FIN2O3. The maximum Gasteiger partial charge on any atom is 0.175 e. The zero-order chi connectivity index (χ0) is 23.0. The Morgan fingerprint density at radius 1 is 1.03 bits per heavy atom. The topological polar surface area (TPSA) is 43.3 Å². The monoisotopic (exact) mass is 560 g/mol. The van der Waals surface area contributed by atoms with Crippen molar-refractivity contribution in [2.45, 2.75) is 13.5 Å². The van der Waals surface area contributed by atoms with Gasteiger partial charge in [-0.1, -0.05) is 12.1 Å². The zero-order valence-corrected chi connectivity index (χ0v) is 20.6. The molecule has 0 aliphatic carbocycles. The van der Waals surface area contributed by atoms with Gasteiger partial charge in [0.25, 0.3) is 0 Å². The summed E-state index contributed by atoms with van der Waals surface area (Å²) < 4.78 is 31.3. The first-order valence-electron chi connectivity index (χ1n) is 10.9. The Hall–Kier alpha value is -2.65. The molecule has 1 aliphatic rings. The van der Waals surface area contributed by atoms with Crippen LogP contribution in [0.5, 0.6) is 11.5 Å². The van der Waals surface area contributed by atoms with Crippen LogP contribution in [-0.2, 0) is 11.3 Å². The molecule has 5 nitrogen and oxygen atoms in total. The molecule has 1 saturated heterocycles. The average Bonchev–Trinajstić information content (AvgIpc) is 2.84. The van der Waals surface area contributed by atoms with Crippen LogP contribution < -0.4 is 14.4 Å². The van der Waals surface area contributed by atoms with Crippen molar-refractivity contribution >= 4 is 40.2 Å². The van der Waals surface area contributed by atoms with Gasteiger partial charge >= 0.3 is 0 Å². The summed E-state index contributed by atoms with van der Waals surface area (Å²) in [7, 11) is 0. The van der Waals surface area contributed by atoms with Crippen molar-refractivity contribution < 1.29 is 18.6 Å². The molecule has 0 N–H and O–H groups in total. The van der Waals surface area contributed by atoms with E-state index >= 15 is 0 Å². The molecule has 0 bridgehead atoms. The molecule has 0 radical (unpaired) electrons. The van der Waals surface area contributed by atoms with Crippen LogP contribution in [0.15, 0.2) is 65.7 Å². The number of halogens is 2. The van der Waals surface area contributed by atoms with Crippen LogP contribution in [0.1, 0.15) is 18.1 Å². The van der Waals surface area contributed by atoms with E-state index < -0.39 is 0 Å². The maximum atomic E-state index is 13.1. The Balaban J connectivity index is 1.47. The van der Waals surface area contributed by atoms with Gasteiger partial charge in [0.15, 0.2) is 11.5 Å². The first-order valence-corrected chi connectivity index (χ1v) is 12.0. The van der Waals surface area contributed by atoms with Crippen molar-refractivity contribution in [3.05, 3.63) is 81.2 Å². The number of hydrogen-bond acceptors (Lipinski definition) is 5. The zero-order valence-electron chi connectivity index (χ0n) is 18.5. The molecule has 33 heavy (non-hydrogen) atoms. The highest BCUT2D eigenvalue weighted by Crippen LogP contribution is 2.34. The molecule has 1 heterocycles. The van der Waals surface area contributed by atoms with Crippen molar-refractivity contribution in [2.75, 3.05) is 37.8 Å². The number of nitrogens with zero attached hydrogens (tertiary/aromatic N) is 2. The molecule has 0 saturated carbocycles. The van der Waals surface area contributed by atoms with E-state index in [1.165, 1.54) is 17.8 Å². The van der Waals surface area contributed by atoms with Gasteiger partial charge in [-0.2, -0.15) is 0 Å².